The molecule has 7 saturated carbocycles. The van der Waals surface area contributed by atoms with E-state index in [1.165, 1.54) is 158 Å². The molecule has 0 amide bonds. The summed E-state index contributed by atoms with van der Waals surface area (Å²) in [4.78, 5) is 11.6. The van der Waals surface area contributed by atoms with Gasteiger partial charge in [-0.15, -0.1) is 0 Å². The highest BCUT2D eigenvalue weighted by Gasteiger charge is 2.62. The van der Waals surface area contributed by atoms with Crippen LogP contribution in [0.2, 0.25) is 54.4 Å². The molecule has 2 N–H and O–H groups in total. The maximum atomic E-state index is 6.91. The lowest BCUT2D eigenvalue weighted by molar-refractivity contribution is -0.378. The van der Waals surface area contributed by atoms with Gasteiger partial charge in [0.15, 0.2) is 37.3 Å². The second kappa shape index (κ2) is 30.5. The Kier molecular flexibility index (Phi) is 24.1. The van der Waals surface area contributed by atoms with Crippen LogP contribution in [0.1, 0.15) is 256 Å². The molecule has 9 unspecified atom stereocenters. The molecule has 15 rings (SSSR count). The van der Waals surface area contributed by atoms with E-state index in [4.69, 9.17) is 18.4 Å². The third-order valence-electron chi connectivity index (χ3n) is 32.7. The van der Waals surface area contributed by atoms with Crippen molar-refractivity contribution in [3.63, 3.8) is 0 Å². The Bertz CT molecular complexity index is 3530. The highest BCUT2D eigenvalue weighted by atomic mass is 79.9. The minimum Gasteiger partial charge on any atom is -1.00 e. The number of halogens is 2. The minimum absolute atomic E-state index is 0. The van der Waals surface area contributed by atoms with Gasteiger partial charge < -0.3 is 31.1 Å². The molecule has 0 bridgehead atoms. The van der Waals surface area contributed by atoms with Gasteiger partial charge in [0, 0.05) is 77.4 Å². The van der Waals surface area contributed by atoms with Gasteiger partial charge in [0.05, 0.1) is 0 Å². The molecule has 0 spiro atoms. The van der Waals surface area contributed by atoms with Crippen molar-refractivity contribution in [1.82, 2.24) is 15.4 Å². The molecule has 8 nitrogen and oxygen atoms in total. The van der Waals surface area contributed by atoms with Crippen LogP contribution in [0.4, 0.5) is 0 Å². The predicted octanol–water partition coefficient (Wildman–Crippen LogP) is 22.0. The molecular formula is C91H141BrClN5O3Si3. The zero-order chi connectivity index (χ0) is 74.4. The van der Waals surface area contributed by atoms with Crippen molar-refractivity contribution in [2.45, 2.75) is 318 Å². The lowest BCUT2D eigenvalue weighted by Gasteiger charge is -2.58. The molecule has 0 saturated heterocycles. The van der Waals surface area contributed by atoms with Gasteiger partial charge in [0.1, 0.15) is 0 Å². The number of nitrogens with one attached hydrogen (secondary N) is 2. The minimum atomic E-state index is -1.71. The smallest absolute Gasteiger partial charge is 0.192 e. The van der Waals surface area contributed by atoms with Crippen molar-refractivity contribution in [3.05, 3.63) is 136 Å². The summed E-state index contributed by atoms with van der Waals surface area (Å²) in [7, 11) is -3.17. The van der Waals surface area contributed by atoms with E-state index in [9.17, 15) is 0 Å². The van der Waals surface area contributed by atoms with Crippen LogP contribution in [0, 0.1) is 85.8 Å². The molecule has 12 aliphatic carbocycles. The summed E-state index contributed by atoms with van der Waals surface area (Å²) in [6.07, 6.45) is 54.4. The zero-order valence-electron chi connectivity index (χ0n) is 69.1. The number of pyridine rings is 3. The largest absolute Gasteiger partial charge is 1.00 e. The molecule has 13 heteroatoms. The van der Waals surface area contributed by atoms with E-state index in [1.807, 2.05) is 31.6 Å². The van der Waals surface area contributed by atoms with Crippen molar-refractivity contribution in [2.24, 2.45) is 90.9 Å². The lowest BCUT2D eigenvalue weighted by Crippen LogP contribution is -3.00. The number of nitrogens with zero attached hydrogens (tertiary/aromatic N) is 3. The zero-order valence-corrected chi connectivity index (χ0v) is 74.5. The topological polar surface area (TPSA) is 92.0 Å². The summed E-state index contributed by atoms with van der Waals surface area (Å²) in [5.41, 5.74) is 17.8. The van der Waals surface area contributed by atoms with Crippen LogP contribution < -0.4 is 22.8 Å². The Hall–Kier alpha value is -3.08. The molecule has 3 aromatic rings. The molecule has 18 atom stereocenters. The first-order valence-corrected chi connectivity index (χ1v) is 50.9. The highest BCUT2D eigenvalue weighted by Crippen LogP contribution is 2.70. The molecule has 0 aromatic carbocycles. The SMILES string of the molecule is Brc1cccnc1.CC(C)(C)[Si](C)(C)O[C@H]1CC[C@@]2(C)C(=CCC3C2CC[C@]2(C)C(c4ccc[nH+]c4)=CCC32)C1.CC(C)(C)[Si](C)(C)O[C@H]1CC[C@@]2(C)C(=CCC3C2CC[C@]2(C)C(c4cccnc4)=CCC32)C1.CN/N=C1/CCC2C3CC=C4C[C@@H](O[Si](C)(C)C(C)(C)C)CC[C@]4(C)C3CC[C@]12C.[Cl-]. The third kappa shape index (κ3) is 15.4. The first kappa shape index (κ1) is 81.9. The molecule has 3 heterocycles. The van der Waals surface area contributed by atoms with Gasteiger partial charge in [0.2, 0.25) is 0 Å². The van der Waals surface area contributed by atoms with E-state index in [-0.39, 0.29) is 22.5 Å². The van der Waals surface area contributed by atoms with Crippen LogP contribution in [0.3, 0.4) is 0 Å². The second-order valence-corrected chi connectivity index (χ2v) is 56.3. The Balaban J connectivity index is 0.000000148. The Morgan fingerprint density at radius 3 is 1.19 bits per heavy atom. The molecule has 574 valence electrons. The summed E-state index contributed by atoms with van der Waals surface area (Å²) in [6.45, 7) is 51.3. The molecule has 0 aliphatic heterocycles. The van der Waals surface area contributed by atoms with Gasteiger partial charge in [-0.1, -0.05) is 157 Å². The number of hydrogen-bond donors (Lipinski definition) is 1. The van der Waals surface area contributed by atoms with Gasteiger partial charge in [-0.05, 0) is 333 Å². The second-order valence-electron chi connectivity index (χ2n) is 41.1. The lowest BCUT2D eigenvalue weighted by atomic mass is 9.47. The molecular weight excluding hydrogens is 1410 g/mol. The van der Waals surface area contributed by atoms with Gasteiger partial charge in [-0.3, -0.25) is 9.97 Å². The average molecular weight is 1550 g/mol. The van der Waals surface area contributed by atoms with Crippen LogP contribution in [0.5, 0.6) is 0 Å². The van der Waals surface area contributed by atoms with E-state index >= 15 is 0 Å². The molecule has 104 heavy (non-hydrogen) atoms. The van der Waals surface area contributed by atoms with E-state index < -0.39 is 25.0 Å². The van der Waals surface area contributed by atoms with Gasteiger partial charge >= 0.3 is 0 Å². The number of fused-ring (bicyclic) bond motifs is 15. The third-order valence-corrected chi connectivity index (χ3v) is 46.8. The van der Waals surface area contributed by atoms with E-state index in [2.05, 4.69) is 246 Å². The normalized spacial score (nSPS) is 37.5. The van der Waals surface area contributed by atoms with Gasteiger partial charge in [-0.25, -0.2) is 4.98 Å². The van der Waals surface area contributed by atoms with E-state index in [0.29, 0.717) is 55.8 Å². The molecule has 12 aliphatic rings. The van der Waals surface area contributed by atoms with Crippen LogP contribution in [0.15, 0.2) is 130 Å². The van der Waals surface area contributed by atoms with Crippen molar-refractivity contribution in [3.8, 4) is 0 Å². The Labute approximate surface area is 651 Å². The summed E-state index contributed by atoms with van der Waals surface area (Å²) >= 11 is 3.25. The van der Waals surface area contributed by atoms with Crippen LogP contribution >= 0.6 is 15.9 Å². The van der Waals surface area contributed by atoms with Crippen LogP contribution in [0.25, 0.3) is 11.1 Å². The maximum absolute atomic E-state index is 6.91. The summed E-state index contributed by atoms with van der Waals surface area (Å²) in [5.74, 6) is 7.44. The van der Waals surface area contributed by atoms with E-state index in [1.54, 1.807) is 40.3 Å². The number of aromatic nitrogens is 3. The monoisotopic (exact) mass is 1550 g/mol. The fraction of sp³-hybridized carbons (Fsp3) is 0.714. The van der Waals surface area contributed by atoms with Crippen molar-refractivity contribution in [2.75, 3.05) is 7.05 Å². The molecule has 0 radical (unpaired) electrons. The van der Waals surface area contributed by atoms with Crippen molar-refractivity contribution < 1.29 is 30.7 Å². The van der Waals surface area contributed by atoms with Gasteiger partial charge in [-0.2, -0.15) is 5.10 Å². The Morgan fingerprint density at radius 1 is 0.462 bits per heavy atom. The molecule has 3 aromatic heterocycles. The summed E-state index contributed by atoms with van der Waals surface area (Å²) < 4.78 is 21.7. The number of rotatable bonds is 9. The Morgan fingerprint density at radius 2 is 0.837 bits per heavy atom. The standard InChI is InChI=1S/2C30H45NOSi.C26H46N2OSi.C5H4BrN.ClH/c2*1-28(2,3)33(6,7)32-23-14-16-29(4)22(19-23)10-11-24-26-13-12-25(21-9-8-18-31-20-21)30(26,5)17-15-27(24)29;1-24(2,3)30(7,8)29-19-13-15-25(4)18(17-19)9-10-20-21-11-12-23(28-27-6)26(21,5)16-14-22(20)25;6-5-2-1-3-7-4-5;/h2*8-10,12,18,20,23-24,26-27H,11,13-17,19H2,1-7H3;9,19-22,27H,10-17H2,1-8H3;1-4H;1H/b;;28-23-;;/t2*23-,24?,26?,27?,29-,30+;19-,20?,21?,22?,25-,26-;;/m000../s1. The number of H-pyrrole nitrogens is 1. The number of hydrazone groups is 1. The van der Waals surface area contributed by atoms with Crippen molar-refractivity contribution >= 4 is 57.7 Å². The quantitative estimate of drug-likeness (QED) is 0.130. The number of allylic oxidation sites excluding steroid dienone is 7. The summed E-state index contributed by atoms with van der Waals surface area (Å²) in [6, 6.07) is 12.6. The van der Waals surface area contributed by atoms with Crippen LogP contribution in [-0.2, 0) is 13.3 Å². The van der Waals surface area contributed by atoms with E-state index in [0.717, 1.165) is 57.7 Å². The van der Waals surface area contributed by atoms with Gasteiger partial charge in [0.25, 0.3) is 0 Å². The summed E-state index contributed by atoms with van der Waals surface area (Å²) in [5, 5.41) is 5.59. The first-order chi connectivity index (χ1) is 48.2. The molecule has 7 fully saturated rings. The van der Waals surface area contributed by atoms with Crippen molar-refractivity contribution in [1.29, 1.82) is 0 Å². The van der Waals surface area contributed by atoms with Crippen LogP contribution in [-0.4, -0.2) is 66.0 Å². The highest BCUT2D eigenvalue weighted by molar-refractivity contribution is 9.10. The average Bonchev–Trinajstić information content (AvgIpc) is 1.42. The predicted molar refractivity (Wildman–Crippen MR) is 444 cm³/mol. The fourth-order valence-corrected chi connectivity index (χ4v) is 28.0. The fourth-order valence-electron chi connectivity index (χ4n) is 23.5. The first-order valence-electron chi connectivity index (χ1n) is 41.4. The number of hydrogen-bond acceptors (Lipinski definition) is 7. The maximum Gasteiger partial charge on any atom is 0.192 e. The number of aromatic amines is 1.